The van der Waals surface area contributed by atoms with Crippen molar-refractivity contribution in [3.8, 4) is 0 Å². The molecule has 1 aromatic heterocycles. The first-order valence-corrected chi connectivity index (χ1v) is 7.83. The van der Waals surface area contributed by atoms with Crippen LogP contribution in [0.2, 0.25) is 0 Å². The zero-order valence-corrected chi connectivity index (χ0v) is 16.6. The van der Waals surface area contributed by atoms with Gasteiger partial charge in [0.15, 0.2) is 5.96 Å². The van der Waals surface area contributed by atoms with Crippen LogP contribution in [0.25, 0.3) is 0 Å². The third kappa shape index (κ3) is 5.47. The number of nitrogens with zero attached hydrogens (tertiary/aromatic N) is 2. The van der Waals surface area contributed by atoms with Crippen molar-refractivity contribution in [1.29, 1.82) is 0 Å². The lowest BCUT2D eigenvalue weighted by atomic mass is 10.1. The van der Waals surface area contributed by atoms with Gasteiger partial charge in [0.25, 0.3) is 0 Å². The van der Waals surface area contributed by atoms with Crippen LogP contribution < -0.4 is 10.6 Å². The van der Waals surface area contributed by atoms with Crippen LogP contribution in [0.4, 0.5) is 4.39 Å². The molecule has 2 aromatic rings. The average Bonchev–Trinajstić information content (AvgIpc) is 2.97. The van der Waals surface area contributed by atoms with Gasteiger partial charge in [0, 0.05) is 32.1 Å². The van der Waals surface area contributed by atoms with Crippen LogP contribution in [0, 0.1) is 5.82 Å². The molecule has 0 radical (unpaired) electrons. The summed E-state index contributed by atoms with van der Waals surface area (Å²) in [6.07, 6.45) is 1.63. The summed E-state index contributed by atoms with van der Waals surface area (Å²) >= 11 is 0. The van der Waals surface area contributed by atoms with E-state index in [-0.39, 0.29) is 29.8 Å². The highest BCUT2D eigenvalue weighted by Gasteiger charge is 2.13. The molecule has 0 aliphatic carbocycles. The normalized spacial score (nSPS) is 11.1. The second kappa shape index (κ2) is 10.3. The van der Waals surface area contributed by atoms with Crippen molar-refractivity contribution in [3.05, 3.63) is 52.7 Å². The first kappa shape index (κ1) is 20.4. The van der Waals surface area contributed by atoms with Crippen molar-refractivity contribution in [2.24, 2.45) is 4.99 Å². The maximum atomic E-state index is 13.2. The molecule has 2 N–H and O–H groups in total. The Labute approximate surface area is 159 Å². The quantitative estimate of drug-likeness (QED) is 0.406. The smallest absolute Gasteiger partial charge is 0.191 e. The summed E-state index contributed by atoms with van der Waals surface area (Å²) in [4.78, 5) is 4.19. The minimum atomic E-state index is -0.239. The monoisotopic (exact) mass is 446 g/mol. The Kier molecular flexibility index (Phi) is 8.73. The summed E-state index contributed by atoms with van der Waals surface area (Å²) in [6, 6.07) is 6.50. The molecule has 0 fully saturated rings. The van der Waals surface area contributed by atoms with Crippen molar-refractivity contribution in [3.63, 3.8) is 0 Å². The van der Waals surface area contributed by atoms with Crippen LogP contribution in [0.3, 0.4) is 0 Å². The minimum absolute atomic E-state index is 0. The second-order valence-corrected chi connectivity index (χ2v) is 5.15. The molecule has 24 heavy (non-hydrogen) atoms. The van der Waals surface area contributed by atoms with Crippen LogP contribution in [0.5, 0.6) is 0 Å². The number of nitrogens with one attached hydrogen (secondary N) is 2. The fourth-order valence-corrected chi connectivity index (χ4v) is 2.36. The summed E-state index contributed by atoms with van der Waals surface area (Å²) in [7, 11) is 1.70. The lowest BCUT2D eigenvalue weighted by molar-refractivity contribution is 0.380. The Morgan fingerprint density at radius 2 is 1.96 bits per heavy atom. The van der Waals surface area contributed by atoms with E-state index in [1.807, 2.05) is 13.0 Å². The number of aryl methyl sites for hydroxylation is 2. The number of rotatable bonds is 6. The largest absolute Gasteiger partial charge is 0.361 e. The number of benzene rings is 1. The first-order valence-electron chi connectivity index (χ1n) is 7.83. The van der Waals surface area contributed by atoms with Gasteiger partial charge in [0.2, 0.25) is 0 Å². The molecule has 2 rings (SSSR count). The lowest BCUT2D eigenvalue weighted by Gasteiger charge is -2.12. The van der Waals surface area contributed by atoms with Crippen LogP contribution in [0.1, 0.15) is 36.4 Å². The second-order valence-electron chi connectivity index (χ2n) is 5.15. The van der Waals surface area contributed by atoms with E-state index in [4.69, 9.17) is 4.52 Å². The Morgan fingerprint density at radius 3 is 2.58 bits per heavy atom. The third-order valence-electron chi connectivity index (χ3n) is 3.61. The van der Waals surface area contributed by atoms with Crippen molar-refractivity contribution in [2.45, 2.75) is 39.8 Å². The van der Waals surface area contributed by atoms with E-state index in [9.17, 15) is 4.39 Å². The van der Waals surface area contributed by atoms with Crippen molar-refractivity contribution < 1.29 is 8.91 Å². The Morgan fingerprint density at radius 1 is 1.21 bits per heavy atom. The summed E-state index contributed by atoms with van der Waals surface area (Å²) in [5, 5.41) is 10.5. The molecule has 0 saturated carbocycles. The van der Waals surface area contributed by atoms with Gasteiger partial charge in [-0.25, -0.2) is 4.39 Å². The predicted octanol–water partition coefficient (Wildman–Crippen LogP) is 3.42. The summed E-state index contributed by atoms with van der Waals surface area (Å²) < 4.78 is 18.5. The fraction of sp³-hybridized carbons (Fsp3) is 0.412. The Balaban J connectivity index is 0.00000288. The highest BCUT2D eigenvalue weighted by atomic mass is 127. The van der Waals surface area contributed by atoms with Crippen LogP contribution in [-0.2, 0) is 25.9 Å². The van der Waals surface area contributed by atoms with E-state index in [0.717, 1.165) is 35.4 Å². The van der Waals surface area contributed by atoms with Gasteiger partial charge in [-0.3, -0.25) is 4.99 Å². The van der Waals surface area contributed by atoms with E-state index in [1.54, 1.807) is 13.1 Å². The highest BCUT2D eigenvalue weighted by Crippen LogP contribution is 2.15. The topological polar surface area (TPSA) is 62.5 Å². The molecule has 1 heterocycles. The molecule has 0 spiro atoms. The maximum Gasteiger partial charge on any atom is 0.191 e. The first-order chi connectivity index (χ1) is 11.2. The third-order valence-corrected chi connectivity index (χ3v) is 3.61. The zero-order chi connectivity index (χ0) is 16.7. The molecule has 0 aliphatic rings. The van der Waals surface area contributed by atoms with E-state index >= 15 is 0 Å². The molecule has 5 nitrogen and oxygen atoms in total. The van der Waals surface area contributed by atoms with Gasteiger partial charge in [0.05, 0.1) is 5.69 Å². The number of aromatic nitrogens is 1. The van der Waals surface area contributed by atoms with Crippen molar-refractivity contribution in [1.82, 2.24) is 15.8 Å². The van der Waals surface area contributed by atoms with Gasteiger partial charge in [0.1, 0.15) is 11.6 Å². The number of halogens is 2. The molecule has 7 heteroatoms. The predicted molar refractivity (Wildman–Crippen MR) is 104 cm³/mol. The zero-order valence-electron chi connectivity index (χ0n) is 14.2. The Hall–Kier alpha value is -1.64. The molecule has 0 aliphatic heterocycles. The van der Waals surface area contributed by atoms with Gasteiger partial charge in [-0.2, -0.15) is 0 Å². The van der Waals surface area contributed by atoms with E-state index in [0.29, 0.717) is 19.0 Å². The molecule has 0 saturated heterocycles. The highest BCUT2D eigenvalue weighted by molar-refractivity contribution is 14.0. The maximum absolute atomic E-state index is 13.2. The summed E-state index contributed by atoms with van der Waals surface area (Å²) in [6.45, 7) is 5.19. The molecule has 0 amide bonds. The van der Waals surface area contributed by atoms with Gasteiger partial charge in [-0.05, 0) is 24.1 Å². The summed E-state index contributed by atoms with van der Waals surface area (Å²) in [5.74, 6) is 1.31. The fourth-order valence-electron chi connectivity index (χ4n) is 2.36. The standard InChI is InChI=1S/C17H23FN4O.HI/c1-4-15-14(16(5-2)23-22-15)11-21-17(19-3)20-10-12-7-6-8-13(18)9-12;/h6-9H,4-5,10-11H2,1-3H3,(H2,19,20,21);1H. The number of guanidine groups is 1. The Bertz CT molecular complexity index is 651. The molecule has 0 unspecified atom stereocenters. The molecule has 0 bridgehead atoms. The van der Waals surface area contributed by atoms with E-state index in [2.05, 4.69) is 27.7 Å². The number of hydrogen-bond acceptors (Lipinski definition) is 3. The van der Waals surface area contributed by atoms with E-state index < -0.39 is 0 Å². The molecule has 132 valence electrons. The van der Waals surface area contributed by atoms with Crippen molar-refractivity contribution >= 4 is 29.9 Å². The van der Waals surface area contributed by atoms with Gasteiger partial charge in [-0.15, -0.1) is 24.0 Å². The van der Waals surface area contributed by atoms with Gasteiger partial charge < -0.3 is 15.2 Å². The molecule has 1 aromatic carbocycles. The average molecular weight is 446 g/mol. The lowest BCUT2D eigenvalue weighted by Crippen LogP contribution is -2.36. The molecular formula is C17H24FIN4O. The number of aliphatic imine (C=N–C) groups is 1. The SMILES string of the molecule is CCc1noc(CC)c1CNC(=NC)NCc1cccc(F)c1.I. The molecular weight excluding hydrogens is 422 g/mol. The number of hydrogen-bond donors (Lipinski definition) is 2. The van der Waals surface area contributed by atoms with Gasteiger partial charge >= 0.3 is 0 Å². The molecule has 0 atom stereocenters. The van der Waals surface area contributed by atoms with Crippen molar-refractivity contribution in [2.75, 3.05) is 7.05 Å². The van der Waals surface area contributed by atoms with E-state index in [1.165, 1.54) is 12.1 Å². The van der Waals surface area contributed by atoms with Gasteiger partial charge in [-0.1, -0.05) is 31.1 Å². The van der Waals surface area contributed by atoms with Crippen LogP contribution in [0.15, 0.2) is 33.8 Å². The van der Waals surface area contributed by atoms with Crippen LogP contribution >= 0.6 is 24.0 Å². The minimum Gasteiger partial charge on any atom is -0.361 e. The van der Waals surface area contributed by atoms with Crippen LogP contribution in [-0.4, -0.2) is 18.2 Å². The summed E-state index contributed by atoms with van der Waals surface area (Å²) in [5.41, 5.74) is 2.92.